The van der Waals surface area contributed by atoms with E-state index in [9.17, 15) is 9.59 Å². The minimum atomic E-state index is -0.243. The number of ketones is 1. The Hall–Kier alpha value is -2.60. The summed E-state index contributed by atoms with van der Waals surface area (Å²) in [5.41, 5.74) is 1.16. The molecular formula is C19H22N2O4. The minimum absolute atomic E-state index is 0.0390. The first-order valence-corrected chi connectivity index (χ1v) is 8.43. The maximum absolute atomic E-state index is 12.7. The van der Waals surface area contributed by atoms with Crippen molar-refractivity contribution in [2.75, 3.05) is 18.5 Å². The van der Waals surface area contributed by atoms with Crippen molar-refractivity contribution in [3.63, 3.8) is 0 Å². The number of carbonyl (C=O) groups is 2. The number of benzene rings is 1. The van der Waals surface area contributed by atoms with Gasteiger partial charge in [0.25, 0.3) is 0 Å². The van der Waals surface area contributed by atoms with Crippen LogP contribution < -0.4 is 5.32 Å². The van der Waals surface area contributed by atoms with E-state index in [1.165, 1.54) is 6.92 Å². The van der Waals surface area contributed by atoms with E-state index in [0.29, 0.717) is 30.1 Å². The van der Waals surface area contributed by atoms with Crippen LogP contribution in [0.25, 0.3) is 0 Å². The molecule has 0 radical (unpaired) electrons. The van der Waals surface area contributed by atoms with Crippen LogP contribution in [-0.2, 0) is 11.3 Å². The zero-order chi connectivity index (χ0) is 17.6. The number of furan rings is 1. The molecule has 1 aromatic heterocycles. The minimum Gasteiger partial charge on any atom is -0.467 e. The molecule has 25 heavy (non-hydrogen) atoms. The van der Waals surface area contributed by atoms with Gasteiger partial charge >= 0.3 is 6.03 Å². The van der Waals surface area contributed by atoms with Crippen molar-refractivity contribution in [3.05, 3.63) is 54.0 Å². The average Bonchev–Trinajstić information content (AvgIpc) is 3.28. The third kappa shape index (κ3) is 4.70. The summed E-state index contributed by atoms with van der Waals surface area (Å²) in [5.74, 6) is 0.675. The van der Waals surface area contributed by atoms with Crippen molar-refractivity contribution in [1.82, 2.24) is 4.90 Å². The van der Waals surface area contributed by atoms with Gasteiger partial charge in [-0.1, -0.05) is 12.1 Å². The number of hydrogen-bond acceptors (Lipinski definition) is 4. The van der Waals surface area contributed by atoms with Crippen molar-refractivity contribution in [1.29, 1.82) is 0 Å². The van der Waals surface area contributed by atoms with E-state index in [1.54, 1.807) is 41.5 Å². The molecule has 1 fully saturated rings. The summed E-state index contributed by atoms with van der Waals surface area (Å²) in [6, 6.07) is 10.3. The number of carbonyl (C=O) groups excluding carboxylic acids is 2. The van der Waals surface area contributed by atoms with Crippen LogP contribution >= 0.6 is 0 Å². The molecule has 1 aliphatic heterocycles. The Morgan fingerprint density at radius 1 is 1.28 bits per heavy atom. The van der Waals surface area contributed by atoms with Crippen molar-refractivity contribution in [2.24, 2.45) is 0 Å². The van der Waals surface area contributed by atoms with E-state index >= 15 is 0 Å². The molecule has 0 spiro atoms. The van der Waals surface area contributed by atoms with E-state index in [-0.39, 0.29) is 17.9 Å². The van der Waals surface area contributed by atoms with Crippen LogP contribution in [0.5, 0.6) is 0 Å². The molecule has 1 saturated heterocycles. The lowest BCUT2D eigenvalue weighted by Gasteiger charge is -2.25. The van der Waals surface area contributed by atoms with E-state index < -0.39 is 0 Å². The fourth-order valence-electron chi connectivity index (χ4n) is 2.86. The fraction of sp³-hybridized carbons (Fsp3) is 0.368. The molecule has 2 heterocycles. The quantitative estimate of drug-likeness (QED) is 0.813. The summed E-state index contributed by atoms with van der Waals surface area (Å²) in [4.78, 5) is 25.9. The van der Waals surface area contributed by atoms with Crippen molar-refractivity contribution in [3.8, 4) is 0 Å². The molecule has 0 saturated carbocycles. The molecule has 1 aromatic carbocycles. The first-order chi connectivity index (χ1) is 12.1. The van der Waals surface area contributed by atoms with Crippen LogP contribution in [0.3, 0.4) is 0 Å². The number of Topliss-reactive ketones (excluding diaryl/α,β-unsaturated/α-hetero) is 1. The van der Waals surface area contributed by atoms with Gasteiger partial charge in [-0.15, -0.1) is 0 Å². The maximum Gasteiger partial charge on any atom is 0.322 e. The van der Waals surface area contributed by atoms with Gasteiger partial charge in [-0.3, -0.25) is 4.79 Å². The Labute approximate surface area is 146 Å². The highest BCUT2D eigenvalue weighted by Crippen LogP contribution is 2.17. The Morgan fingerprint density at radius 3 is 2.84 bits per heavy atom. The van der Waals surface area contributed by atoms with Crippen LogP contribution in [0.1, 0.15) is 35.9 Å². The number of hydrogen-bond donors (Lipinski definition) is 1. The van der Waals surface area contributed by atoms with Gasteiger partial charge in [0.1, 0.15) is 5.76 Å². The summed E-state index contributed by atoms with van der Waals surface area (Å²) < 4.78 is 11.0. The second-order valence-corrected chi connectivity index (χ2v) is 6.16. The molecule has 0 aliphatic carbocycles. The highest BCUT2D eigenvalue weighted by Gasteiger charge is 2.23. The number of urea groups is 1. The lowest BCUT2D eigenvalue weighted by molar-refractivity contribution is 0.0803. The molecule has 3 rings (SSSR count). The third-order valence-electron chi connectivity index (χ3n) is 4.18. The van der Waals surface area contributed by atoms with Crippen LogP contribution in [0.2, 0.25) is 0 Å². The highest BCUT2D eigenvalue weighted by atomic mass is 16.5. The van der Waals surface area contributed by atoms with Gasteiger partial charge in [0.2, 0.25) is 0 Å². The van der Waals surface area contributed by atoms with Gasteiger partial charge in [-0.2, -0.15) is 0 Å². The summed E-state index contributed by atoms with van der Waals surface area (Å²) in [7, 11) is 0. The number of nitrogens with one attached hydrogen (secondary N) is 1. The van der Waals surface area contributed by atoms with Crippen molar-refractivity contribution >= 4 is 17.5 Å². The topological polar surface area (TPSA) is 71.8 Å². The molecule has 6 heteroatoms. The first kappa shape index (κ1) is 17.2. The van der Waals surface area contributed by atoms with E-state index in [0.717, 1.165) is 19.4 Å². The van der Waals surface area contributed by atoms with Crippen molar-refractivity contribution in [2.45, 2.75) is 32.4 Å². The van der Waals surface area contributed by atoms with E-state index in [1.807, 2.05) is 6.07 Å². The van der Waals surface area contributed by atoms with Crippen LogP contribution in [0, 0.1) is 0 Å². The molecule has 1 aliphatic rings. The molecule has 2 aromatic rings. The summed E-state index contributed by atoms with van der Waals surface area (Å²) in [6.07, 6.45) is 3.60. The Morgan fingerprint density at radius 2 is 2.16 bits per heavy atom. The average molecular weight is 342 g/mol. The lowest BCUT2D eigenvalue weighted by atomic mass is 10.1. The number of amides is 2. The highest BCUT2D eigenvalue weighted by molar-refractivity contribution is 5.96. The molecule has 1 N–H and O–H groups in total. The standard InChI is InChI=1S/C19H22N2O4/c1-14(22)15-5-2-6-16(11-15)20-19(23)21(12-17-7-3-9-24-17)13-18-8-4-10-25-18/h2-3,5-7,9,11,18H,4,8,10,12-13H2,1H3,(H,20,23). The van der Waals surface area contributed by atoms with E-state index in [4.69, 9.17) is 9.15 Å². The molecular weight excluding hydrogens is 320 g/mol. The predicted molar refractivity (Wildman–Crippen MR) is 93.6 cm³/mol. The monoisotopic (exact) mass is 342 g/mol. The number of ether oxygens (including phenoxy) is 1. The molecule has 132 valence electrons. The summed E-state index contributed by atoms with van der Waals surface area (Å²) >= 11 is 0. The normalized spacial score (nSPS) is 16.6. The number of rotatable bonds is 6. The molecule has 2 amide bonds. The summed E-state index contributed by atoms with van der Waals surface area (Å²) in [6.45, 7) is 3.10. The SMILES string of the molecule is CC(=O)c1cccc(NC(=O)N(Cc2ccco2)CC2CCCO2)c1. The molecule has 1 unspecified atom stereocenters. The van der Waals surface area contributed by atoms with E-state index in [2.05, 4.69) is 5.32 Å². The predicted octanol–water partition coefficient (Wildman–Crippen LogP) is 3.70. The van der Waals surface area contributed by atoms with Crippen LogP contribution in [0.4, 0.5) is 10.5 Å². The van der Waals surface area contributed by atoms with Crippen LogP contribution in [0.15, 0.2) is 47.1 Å². The fourth-order valence-corrected chi connectivity index (χ4v) is 2.86. The van der Waals surface area contributed by atoms with Gasteiger partial charge in [-0.05, 0) is 44.0 Å². The molecule has 1 atom stereocenters. The van der Waals surface area contributed by atoms with Gasteiger partial charge in [0.15, 0.2) is 5.78 Å². The number of anilines is 1. The Kier molecular flexibility index (Phi) is 5.50. The first-order valence-electron chi connectivity index (χ1n) is 8.43. The Balaban J connectivity index is 1.71. The third-order valence-corrected chi connectivity index (χ3v) is 4.18. The van der Waals surface area contributed by atoms with Crippen molar-refractivity contribution < 1.29 is 18.7 Å². The zero-order valence-electron chi connectivity index (χ0n) is 14.2. The summed E-state index contributed by atoms with van der Waals surface area (Å²) in [5, 5.41) is 2.86. The largest absolute Gasteiger partial charge is 0.467 e. The van der Waals surface area contributed by atoms with Gasteiger partial charge in [-0.25, -0.2) is 4.79 Å². The second kappa shape index (κ2) is 7.98. The number of nitrogens with zero attached hydrogens (tertiary/aromatic N) is 1. The zero-order valence-corrected chi connectivity index (χ0v) is 14.2. The smallest absolute Gasteiger partial charge is 0.322 e. The second-order valence-electron chi connectivity index (χ2n) is 6.16. The van der Waals surface area contributed by atoms with Gasteiger partial charge < -0.3 is 19.4 Å². The molecule has 6 nitrogen and oxygen atoms in total. The van der Waals surface area contributed by atoms with Gasteiger partial charge in [0.05, 0.1) is 18.9 Å². The maximum atomic E-state index is 12.7. The molecule has 0 bridgehead atoms. The Bertz CT molecular complexity index is 721. The van der Waals surface area contributed by atoms with Gasteiger partial charge in [0, 0.05) is 24.4 Å². The lowest BCUT2D eigenvalue weighted by Crippen LogP contribution is -2.39. The van der Waals surface area contributed by atoms with Crippen LogP contribution in [-0.4, -0.2) is 36.0 Å².